The van der Waals surface area contributed by atoms with Crippen molar-refractivity contribution in [3.63, 3.8) is 0 Å². The number of fused-ring (bicyclic) bond motifs is 1. The van der Waals surface area contributed by atoms with Gasteiger partial charge in [0, 0.05) is 0 Å². The fourth-order valence-electron chi connectivity index (χ4n) is 2.51. The summed E-state index contributed by atoms with van der Waals surface area (Å²) in [6.07, 6.45) is 0. The topological polar surface area (TPSA) is 102 Å². The summed E-state index contributed by atoms with van der Waals surface area (Å²) in [5.41, 5.74) is 0.452. The number of benzene rings is 2. The molecule has 0 aliphatic rings. The molecule has 0 saturated heterocycles. The van der Waals surface area contributed by atoms with Crippen molar-refractivity contribution in [1.29, 1.82) is 0 Å². The average molecular weight is 368 g/mol. The van der Waals surface area contributed by atoms with E-state index < -0.39 is 11.9 Å². The number of hydrogen-bond donors (Lipinski definition) is 0. The Balaban J connectivity index is 2.00. The van der Waals surface area contributed by atoms with E-state index in [-0.39, 0.29) is 23.5 Å². The lowest BCUT2D eigenvalue weighted by atomic mass is 10.2. The van der Waals surface area contributed by atoms with Crippen LogP contribution in [-0.2, 0) is 16.1 Å². The van der Waals surface area contributed by atoms with Crippen LogP contribution < -0.4 is 9.47 Å². The van der Waals surface area contributed by atoms with E-state index in [1.54, 1.807) is 42.5 Å². The average Bonchev–Trinajstić information content (AvgIpc) is 2.72. The van der Waals surface area contributed by atoms with Gasteiger partial charge in [-0.15, -0.1) is 0 Å². The minimum Gasteiger partial charge on any atom is -0.618 e. The van der Waals surface area contributed by atoms with E-state index in [9.17, 15) is 14.8 Å². The van der Waals surface area contributed by atoms with Crippen LogP contribution in [0.15, 0.2) is 48.5 Å². The fourth-order valence-corrected chi connectivity index (χ4v) is 2.51. The SMILES string of the molecule is COC(=O)c1c(COC(=O)c2ccccc2)nc2ccc(OC)cc2[n+]1[O-]. The second-order valence-electron chi connectivity index (χ2n) is 5.49. The molecule has 138 valence electrons. The second-order valence-corrected chi connectivity index (χ2v) is 5.49. The van der Waals surface area contributed by atoms with Crippen LogP contribution in [0.5, 0.6) is 5.75 Å². The number of rotatable bonds is 5. The lowest BCUT2D eigenvalue weighted by Crippen LogP contribution is -2.38. The van der Waals surface area contributed by atoms with E-state index in [2.05, 4.69) is 9.72 Å². The summed E-state index contributed by atoms with van der Waals surface area (Å²) in [5.74, 6) is -1.04. The first-order valence-electron chi connectivity index (χ1n) is 7.96. The first kappa shape index (κ1) is 18.1. The molecule has 8 heteroatoms. The van der Waals surface area contributed by atoms with Crippen LogP contribution in [0.2, 0.25) is 0 Å². The van der Waals surface area contributed by atoms with Gasteiger partial charge in [-0.25, -0.2) is 14.6 Å². The number of carbonyl (C=O) groups is 2. The minimum atomic E-state index is -0.882. The van der Waals surface area contributed by atoms with Crippen LogP contribution in [-0.4, -0.2) is 31.1 Å². The Labute approximate surface area is 154 Å². The van der Waals surface area contributed by atoms with Gasteiger partial charge < -0.3 is 19.4 Å². The Morgan fingerprint density at radius 2 is 1.81 bits per heavy atom. The molecule has 1 aromatic heterocycles. The highest BCUT2D eigenvalue weighted by Crippen LogP contribution is 2.19. The fraction of sp³-hybridized carbons (Fsp3) is 0.158. The van der Waals surface area contributed by atoms with Crippen molar-refractivity contribution in [1.82, 2.24) is 4.98 Å². The Morgan fingerprint density at radius 3 is 2.48 bits per heavy atom. The molecule has 0 fully saturated rings. The zero-order valence-corrected chi connectivity index (χ0v) is 14.7. The van der Waals surface area contributed by atoms with Gasteiger partial charge in [-0.05, 0) is 24.3 Å². The molecule has 0 radical (unpaired) electrons. The highest BCUT2D eigenvalue weighted by atomic mass is 16.5. The van der Waals surface area contributed by atoms with Gasteiger partial charge >= 0.3 is 17.6 Å². The van der Waals surface area contributed by atoms with Crippen molar-refractivity contribution < 1.29 is 28.5 Å². The molecule has 3 rings (SSSR count). The molecule has 0 amide bonds. The van der Waals surface area contributed by atoms with Crippen LogP contribution in [0.1, 0.15) is 26.5 Å². The van der Waals surface area contributed by atoms with Crippen molar-refractivity contribution in [2.75, 3.05) is 14.2 Å². The lowest BCUT2D eigenvalue weighted by molar-refractivity contribution is -0.581. The highest BCUT2D eigenvalue weighted by Gasteiger charge is 2.28. The van der Waals surface area contributed by atoms with Gasteiger partial charge in [-0.1, -0.05) is 18.2 Å². The van der Waals surface area contributed by atoms with Crippen LogP contribution in [0.3, 0.4) is 0 Å². The van der Waals surface area contributed by atoms with Crippen molar-refractivity contribution in [3.8, 4) is 5.75 Å². The summed E-state index contributed by atoms with van der Waals surface area (Å²) in [6, 6.07) is 13.0. The predicted octanol–water partition coefficient (Wildman–Crippen LogP) is 2.02. The third-order valence-corrected chi connectivity index (χ3v) is 3.86. The predicted molar refractivity (Wildman–Crippen MR) is 94.2 cm³/mol. The maximum Gasteiger partial charge on any atom is 0.406 e. The Hall–Kier alpha value is -3.68. The molecule has 0 N–H and O–H groups in total. The van der Waals surface area contributed by atoms with Gasteiger partial charge in [0.15, 0.2) is 5.69 Å². The lowest BCUT2D eigenvalue weighted by Gasteiger charge is -2.11. The molecule has 27 heavy (non-hydrogen) atoms. The van der Waals surface area contributed by atoms with Crippen LogP contribution in [0, 0.1) is 5.21 Å². The van der Waals surface area contributed by atoms with Crippen molar-refractivity contribution >= 4 is 23.0 Å². The molecule has 3 aromatic rings. The molecule has 0 atom stereocenters. The summed E-state index contributed by atoms with van der Waals surface area (Å²) in [4.78, 5) is 28.5. The van der Waals surface area contributed by atoms with Crippen LogP contribution in [0.25, 0.3) is 11.0 Å². The van der Waals surface area contributed by atoms with E-state index in [0.717, 1.165) is 7.11 Å². The molecular formula is C19H16N2O6. The first-order chi connectivity index (χ1) is 13.0. The van der Waals surface area contributed by atoms with Crippen molar-refractivity contribution in [2.45, 2.75) is 6.61 Å². The summed E-state index contributed by atoms with van der Waals surface area (Å²) in [7, 11) is 2.61. The molecule has 0 aliphatic carbocycles. The number of carbonyl (C=O) groups excluding carboxylic acids is 2. The number of methoxy groups -OCH3 is 2. The van der Waals surface area contributed by atoms with E-state index in [1.807, 2.05) is 0 Å². The zero-order chi connectivity index (χ0) is 19.4. The number of hydrogen-bond acceptors (Lipinski definition) is 7. The summed E-state index contributed by atoms with van der Waals surface area (Å²) >= 11 is 0. The number of aromatic nitrogens is 2. The van der Waals surface area contributed by atoms with Crippen LogP contribution in [0.4, 0.5) is 0 Å². The van der Waals surface area contributed by atoms with E-state index >= 15 is 0 Å². The molecule has 2 aromatic carbocycles. The zero-order valence-electron chi connectivity index (χ0n) is 14.7. The monoisotopic (exact) mass is 368 g/mol. The molecule has 0 bridgehead atoms. The maximum atomic E-state index is 12.7. The summed E-state index contributed by atoms with van der Waals surface area (Å²) in [6.45, 7) is -0.359. The third-order valence-electron chi connectivity index (χ3n) is 3.86. The maximum absolute atomic E-state index is 12.7. The smallest absolute Gasteiger partial charge is 0.406 e. The molecule has 0 unspecified atom stereocenters. The van der Waals surface area contributed by atoms with Gasteiger partial charge in [0.25, 0.3) is 0 Å². The van der Waals surface area contributed by atoms with Gasteiger partial charge in [0.05, 0.1) is 25.8 Å². The second kappa shape index (κ2) is 7.69. The van der Waals surface area contributed by atoms with E-state index in [1.165, 1.54) is 13.2 Å². The Morgan fingerprint density at radius 1 is 1.07 bits per heavy atom. The van der Waals surface area contributed by atoms with Gasteiger partial charge in [0.1, 0.15) is 17.9 Å². The third kappa shape index (κ3) is 3.64. The summed E-state index contributed by atoms with van der Waals surface area (Å²) in [5, 5.41) is 12.7. The molecular weight excluding hydrogens is 352 g/mol. The van der Waals surface area contributed by atoms with E-state index in [0.29, 0.717) is 21.6 Å². The number of nitrogens with zero attached hydrogens (tertiary/aromatic N) is 2. The normalized spacial score (nSPS) is 10.4. The van der Waals surface area contributed by atoms with Crippen LogP contribution >= 0.6 is 0 Å². The highest BCUT2D eigenvalue weighted by molar-refractivity contribution is 5.90. The Bertz CT molecular complexity index is 1000. The minimum absolute atomic E-state index is 0.00111. The van der Waals surface area contributed by atoms with Gasteiger partial charge in [-0.3, -0.25) is 0 Å². The van der Waals surface area contributed by atoms with Crippen molar-refractivity contribution in [2.24, 2.45) is 0 Å². The van der Waals surface area contributed by atoms with Gasteiger partial charge in [-0.2, -0.15) is 4.73 Å². The molecule has 8 nitrogen and oxygen atoms in total. The largest absolute Gasteiger partial charge is 0.618 e. The number of esters is 2. The Kier molecular flexibility index (Phi) is 5.16. The molecule has 0 aliphatic heterocycles. The molecule has 1 heterocycles. The molecule has 0 spiro atoms. The standard InChI is InChI=1S/C19H16N2O6/c1-25-13-8-9-14-16(10-13)21(24)17(19(23)26-2)15(20-14)11-27-18(22)12-6-4-3-5-7-12/h3-10H,11H2,1-2H3. The number of ether oxygens (including phenoxy) is 3. The van der Waals surface area contributed by atoms with Gasteiger partial charge in [0.2, 0.25) is 5.52 Å². The molecule has 0 saturated carbocycles. The van der Waals surface area contributed by atoms with E-state index in [4.69, 9.17) is 9.47 Å². The van der Waals surface area contributed by atoms with Crippen molar-refractivity contribution in [3.05, 3.63) is 70.7 Å². The quantitative estimate of drug-likeness (QED) is 0.386. The summed E-state index contributed by atoms with van der Waals surface area (Å²) < 4.78 is 15.4. The first-order valence-corrected chi connectivity index (χ1v) is 7.96.